The van der Waals surface area contributed by atoms with E-state index in [2.05, 4.69) is 225 Å². The standard InChI is InChI=1S/C69H52N2S2/c1-3-49-50(47-30-33-55-54-22-10-14-26-63(54)72-65(55)39-47)31-28-41(2)68(70-69(49)71-61-24-12-8-20-52(61)53-21-9-13-25-62(53)71)60-38-48(40-66-67(60)56-23-11-15-27-64(56)73-66)51-32-29-46-34-42-16-4-5-17-43(42)35-57(46)59-37-45-19-7-6-18-44(45)36-58(51)59/h4-27,30-31,33-41,49,51,69H,3,28-29,32H2,1-2H3/b50-31+,70-68?. The summed E-state index contributed by atoms with van der Waals surface area (Å²) in [5.74, 6) is 0.415. The molecule has 4 heterocycles. The average molecular weight is 973 g/mol. The van der Waals surface area contributed by atoms with E-state index in [1.54, 1.807) is 0 Å². The van der Waals surface area contributed by atoms with Gasteiger partial charge in [-0.3, -0.25) is 4.99 Å². The molecule has 4 atom stereocenters. The van der Waals surface area contributed by atoms with Crippen LogP contribution in [0.3, 0.4) is 0 Å². The Morgan fingerprint density at radius 3 is 1.84 bits per heavy atom. The highest BCUT2D eigenvalue weighted by atomic mass is 32.1. The van der Waals surface area contributed by atoms with E-state index in [-0.39, 0.29) is 23.9 Å². The smallest absolute Gasteiger partial charge is 0.132 e. The molecule has 3 aromatic heterocycles. The van der Waals surface area contributed by atoms with Crippen LogP contribution in [0.1, 0.15) is 73.0 Å². The van der Waals surface area contributed by atoms with E-state index >= 15 is 0 Å². The van der Waals surface area contributed by atoms with Gasteiger partial charge < -0.3 is 4.57 Å². The van der Waals surface area contributed by atoms with Crippen LogP contribution in [0.4, 0.5) is 0 Å². The molecule has 0 spiro atoms. The van der Waals surface area contributed by atoms with E-state index in [0.29, 0.717) is 0 Å². The number of aromatic nitrogens is 1. The molecule has 1 aliphatic carbocycles. The highest BCUT2D eigenvalue weighted by Crippen LogP contribution is 2.49. The Balaban J connectivity index is 0.976. The number of benzene rings is 10. The van der Waals surface area contributed by atoms with Crippen molar-refractivity contribution in [1.82, 2.24) is 4.57 Å². The van der Waals surface area contributed by atoms with Gasteiger partial charge in [0.25, 0.3) is 0 Å². The van der Waals surface area contributed by atoms with Gasteiger partial charge in [-0.1, -0.05) is 159 Å². The molecular weight excluding hydrogens is 921 g/mol. The number of fused-ring (bicyclic) bond motifs is 14. The van der Waals surface area contributed by atoms with Gasteiger partial charge >= 0.3 is 0 Å². The van der Waals surface area contributed by atoms with Crippen molar-refractivity contribution < 1.29 is 0 Å². The summed E-state index contributed by atoms with van der Waals surface area (Å²) >= 11 is 3.85. The molecule has 0 saturated heterocycles. The van der Waals surface area contributed by atoms with Gasteiger partial charge in [0.1, 0.15) is 6.17 Å². The van der Waals surface area contributed by atoms with Crippen LogP contribution in [-0.4, -0.2) is 10.3 Å². The zero-order chi connectivity index (χ0) is 48.3. The van der Waals surface area contributed by atoms with Crippen LogP contribution in [-0.2, 0) is 6.42 Å². The number of hydrogen-bond donors (Lipinski definition) is 0. The summed E-state index contributed by atoms with van der Waals surface area (Å²) in [6, 6.07) is 76.2. The number of rotatable bonds is 5. The number of para-hydroxylation sites is 2. The highest BCUT2D eigenvalue weighted by Gasteiger charge is 2.34. The lowest BCUT2D eigenvalue weighted by Crippen LogP contribution is -2.25. The van der Waals surface area contributed by atoms with E-state index in [0.717, 1.165) is 25.7 Å². The van der Waals surface area contributed by atoms with Crippen LogP contribution in [0.15, 0.2) is 211 Å². The fourth-order valence-corrected chi connectivity index (χ4v) is 15.5. The van der Waals surface area contributed by atoms with E-state index in [1.165, 1.54) is 134 Å². The SMILES string of the molecule is CCC1/C(c2ccc3c(c2)sc2ccccc23)=C/CC(C)C(c2cc(C3CCc4cc5ccccc5cc4-c4cc5ccccc5cc43)cc3sc4ccccc4c23)=NC1n1c2ccccc2c2ccccc21. The number of thiophene rings is 2. The maximum absolute atomic E-state index is 6.39. The van der Waals surface area contributed by atoms with E-state index in [1.807, 2.05) is 22.7 Å². The number of hydrogen-bond acceptors (Lipinski definition) is 3. The monoisotopic (exact) mass is 972 g/mol. The molecule has 350 valence electrons. The molecule has 4 heteroatoms. The zero-order valence-corrected chi connectivity index (χ0v) is 42.6. The lowest BCUT2D eigenvalue weighted by atomic mass is 9.80. The van der Waals surface area contributed by atoms with Crippen molar-refractivity contribution in [2.75, 3.05) is 0 Å². The topological polar surface area (TPSA) is 17.3 Å². The largest absolute Gasteiger partial charge is 0.317 e. The third-order valence-electron chi connectivity index (χ3n) is 16.7. The van der Waals surface area contributed by atoms with Crippen molar-refractivity contribution >= 4 is 118 Å². The minimum absolute atomic E-state index is 0.0995. The summed E-state index contributed by atoms with van der Waals surface area (Å²) in [6.45, 7) is 4.83. The van der Waals surface area contributed by atoms with Crippen LogP contribution in [0, 0.1) is 11.8 Å². The first-order valence-electron chi connectivity index (χ1n) is 26.2. The molecule has 2 aliphatic rings. The Bertz CT molecular complexity index is 4410. The maximum Gasteiger partial charge on any atom is 0.132 e. The molecule has 0 radical (unpaired) electrons. The maximum atomic E-state index is 6.39. The normalized spacial score (nSPS) is 19.0. The number of aliphatic imine (C=N–C) groups is 1. The Hall–Kier alpha value is -7.63. The third kappa shape index (κ3) is 6.84. The van der Waals surface area contributed by atoms with Crippen molar-refractivity contribution in [3.8, 4) is 11.1 Å². The molecule has 15 rings (SSSR count). The van der Waals surface area contributed by atoms with Gasteiger partial charge in [0, 0.05) is 80.1 Å². The minimum Gasteiger partial charge on any atom is -0.317 e. The molecule has 0 fully saturated rings. The summed E-state index contributed by atoms with van der Waals surface area (Å²) < 4.78 is 7.96. The molecule has 4 unspecified atom stereocenters. The first-order chi connectivity index (χ1) is 36.0. The molecule has 10 aromatic carbocycles. The Kier molecular flexibility index (Phi) is 10.0. The molecule has 13 aromatic rings. The third-order valence-corrected chi connectivity index (χ3v) is 18.9. The van der Waals surface area contributed by atoms with Gasteiger partial charge in [-0.15, -0.1) is 22.7 Å². The molecule has 2 nitrogen and oxygen atoms in total. The predicted octanol–water partition coefficient (Wildman–Crippen LogP) is 19.7. The molecule has 0 saturated carbocycles. The Morgan fingerprint density at radius 1 is 0.521 bits per heavy atom. The quantitative estimate of drug-likeness (QED) is 0.164. The van der Waals surface area contributed by atoms with Gasteiger partial charge in [0.15, 0.2) is 0 Å². The fourth-order valence-electron chi connectivity index (χ4n) is 13.2. The summed E-state index contributed by atoms with van der Waals surface area (Å²) in [7, 11) is 0. The lowest BCUT2D eigenvalue weighted by Gasteiger charge is -2.33. The summed E-state index contributed by atoms with van der Waals surface area (Å²) in [5.41, 5.74) is 14.6. The second-order valence-electron chi connectivity index (χ2n) is 20.7. The Morgan fingerprint density at radius 2 is 1.11 bits per heavy atom. The van der Waals surface area contributed by atoms with Crippen LogP contribution in [0.25, 0.3) is 100 Å². The van der Waals surface area contributed by atoms with Gasteiger partial charge in [-0.25, -0.2) is 0 Å². The van der Waals surface area contributed by atoms with Crippen molar-refractivity contribution in [1.29, 1.82) is 0 Å². The fraction of sp³-hybridized carbons (Fsp3) is 0.145. The van der Waals surface area contributed by atoms with Gasteiger partial charge in [-0.05, 0) is 147 Å². The molecule has 1 aliphatic heterocycles. The minimum atomic E-state index is -0.214. The summed E-state index contributed by atoms with van der Waals surface area (Å²) in [5, 5.41) is 13.1. The molecule has 73 heavy (non-hydrogen) atoms. The van der Waals surface area contributed by atoms with Gasteiger partial charge in [0.2, 0.25) is 0 Å². The average Bonchev–Trinajstić information content (AvgIpc) is 4.09. The van der Waals surface area contributed by atoms with Crippen LogP contribution in [0.2, 0.25) is 0 Å². The summed E-state index contributed by atoms with van der Waals surface area (Å²) in [4.78, 5) is 6.39. The molecule has 0 amide bonds. The predicted molar refractivity (Wildman–Crippen MR) is 316 cm³/mol. The Labute approximate surface area is 433 Å². The first-order valence-corrected chi connectivity index (χ1v) is 27.9. The second-order valence-corrected chi connectivity index (χ2v) is 22.9. The first kappa shape index (κ1) is 43.0. The van der Waals surface area contributed by atoms with E-state index in [9.17, 15) is 0 Å². The van der Waals surface area contributed by atoms with Crippen LogP contribution >= 0.6 is 22.7 Å². The van der Waals surface area contributed by atoms with Gasteiger partial charge in [0.05, 0.1) is 11.0 Å². The van der Waals surface area contributed by atoms with Crippen LogP contribution < -0.4 is 0 Å². The number of nitrogens with zero attached hydrogens (tertiary/aromatic N) is 2. The van der Waals surface area contributed by atoms with E-state index in [4.69, 9.17) is 4.99 Å². The highest BCUT2D eigenvalue weighted by molar-refractivity contribution is 7.26. The van der Waals surface area contributed by atoms with Crippen molar-refractivity contribution in [3.63, 3.8) is 0 Å². The lowest BCUT2D eigenvalue weighted by molar-refractivity contribution is 0.415. The second kappa shape index (κ2) is 17.0. The van der Waals surface area contributed by atoms with Crippen molar-refractivity contribution in [2.24, 2.45) is 16.8 Å². The summed E-state index contributed by atoms with van der Waals surface area (Å²) in [6.07, 6.45) is 6.25. The number of allylic oxidation sites excluding steroid dienone is 1. The van der Waals surface area contributed by atoms with E-state index < -0.39 is 0 Å². The van der Waals surface area contributed by atoms with Crippen molar-refractivity contribution in [3.05, 3.63) is 234 Å². The molecule has 0 N–H and O–H groups in total. The number of aryl methyl sites for hydroxylation is 1. The molecular formula is C69H52N2S2. The van der Waals surface area contributed by atoms with Crippen molar-refractivity contribution in [2.45, 2.75) is 51.6 Å². The van der Waals surface area contributed by atoms with Crippen LogP contribution in [0.5, 0.6) is 0 Å². The molecule has 0 bridgehead atoms. The van der Waals surface area contributed by atoms with Gasteiger partial charge in [-0.2, -0.15) is 0 Å². The zero-order valence-electron chi connectivity index (χ0n) is 41.0.